The minimum Gasteiger partial charge on any atom is -0.349 e. The molecule has 0 aliphatic rings. The van der Waals surface area contributed by atoms with Gasteiger partial charge in [0.15, 0.2) is 5.82 Å². The van der Waals surface area contributed by atoms with Crippen LogP contribution >= 0.6 is 34.3 Å². The third kappa shape index (κ3) is 3.21. The summed E-state index contributed by atoms with van der Waals surface area (Å²) >= 11 is 9.57. The Bertz CT molecular complexity index is 966. The topological polar surface area (TPSA) is 49.8 Å². The lowest BCUT2D eigenvalue weighted by Gasteiger charge is -2.10. The first-order chi connectivity index (χ1) is 11.8. The molecule has 0 atom stereocenters. The van der Waals surface area contributed by atoms with Crippen molar-refractivity contribution in [2.24, 2.45) is 0 Å². The second kappa shape index (κ2) is 6.76. The van der Waals surface area contributed by atoms with E-state index in [1.807, 2.05) is 41.8 Å². The van der Waals surface area contributed by atoms with Gasteiger partial charge in [-0.25, -0.2) is 4.98 Å². The van der Waals surface area contributed by atoms with E-state index < -0.39 is 0 Å². The highest BCUT2D eigenvalue weighted by Crippen LogP contribution is 2.32. The Morgan fingerprint density at radius 1 is 0.958 bits per heavy atom. The molecule has 0 aliphatic heterocycles. The lowest BCUT2D eigenvalue weighted by Crippen LogP contribution is -2.04. The van der Waals surface area contributed by atoms with Gasteiger partial charge in [-0.05, 0) is 35.0 Å². The van der Waals surface area contributed by atoms with Gasteiger partial charge >= 0.3 is 0 Å². The van der Waals surface area contributed by atoms with Crippen LogP contribution in [-0.4, -0.2) is 9.97 Å². The molecule has 3 heterocycles. The Hall–Kier alpha value is -2.15. The van der Waals surface area contributed by atoms with E-state index in [1.54, 1.807) is 22.7 Å². The van der Waals surface area contributed by atoms with E-state index in [0.717, 1.165) is 21.7 Å². The number of para-hydroxylation sites is 1. The molecule has 0 bridgehead atoms. The van der Waals surface area contributed by atoms with E-state index in [4.69, 9.17) is 11.6 Å². The van der Waals surface area contributed by atoms with E-state index in [1.165, 1.54) is 4.88 Å². The Morgan fingerprint density at radius 2 is 1.88 bits per heavy atom. The van der Waals surface area contributed by atoms with Gasteiger partial charge in [0, 0.05) is 4.88 Å². The summed E-state index contributed by atoms with van der Waals surface area (Å²) in [6, 6.07) is 13.8. The average Bonchev–Trinajstić information content (AvgIpc) is 3.26. The number of anilines is 3. The molecule has 1 aromatic carbocycles. The maximum absolute atomic E-state index is 6.25. The van der Waals surface area contributed by atoms with E-state index in [9.17, 15) is 0 Å². The number of rotatable bonds is 5. The van der Waals surface area contributed by atoms with Crippen molar-refractivity contribution in [1.82, 2.24) is 9.97 Å². The third-order valence-electron chi connectivity index (χ3n) is 3.43. The molecule has 0 saturated carbocycles. The Morgan fingerprint density at radius 3 is 2.71 bits per heavy atom. The molecule has 24 heavy (non-hydrogen) atoms. The SMILES string of the molecule is Clc1ccccc1Nc1nc(NCc2cccs2)nc2ccsc12. The van der Waals surface area contributed by atoms with Crippen molar-refractivity contribution in [3.05, 3.63) is 63.1 Å². The average molecular weight is 373 g/mol. The number of fused-ring (bicyclic) bond motifs is 1. The number of halogens is 1. The zero-order valence-corrected chi connectivity index (χ0v) is 14.9. The first kappa shape index (κ1) is 15.4. The summed E-state index contributed by atoms with van der Waals surface area (Å²) in [6.07, 6.45) is 0. The fourth-order valence-corrected chi connectivity index (χ4v) is 3.90. The van der Waals surface area contributed by atoms with Gasteiger partial charge in [0.1, 0.15) is 0 Å². The Kier molecular flexibility index (Phi) is 4.34. The van der Waals surface area contributed by atoms with Crippen molar-refractivity contribution >= 4 is 61.9 Å². The quantitative estimate of drug-likeness (QED) is 0.467. The fourth-order valence-electron chi connectivity index (χ4n) is 2.30. The highest BCUT2D eigenvalue weighted by atomic mass is 35.5. The largest absolute Gasteiger partial charge is 0.349 e. The monoisotopic (exact) mass is 372 g/mol. The summed E-state index contributed by atoms with van der Waals surface area (Å²) in [4.78, 5) is 10.5. The highest BCUT2D eigenvalue weighted by Gasteiger charge is 2.11. The molecule has 0 radical (unpaired) electrons. The second-order valence-electron chi connectivity index (χ2n) is 5.07. The van der Waals surface area contributed by atoms with Crippen molar-refractivity contribution < 1.29 is 0 Å². The molecule has 4 aromatic rings. The van der Waals surface area contributed by atoms with Crippen molar-refractivity contribution in [2.45, 2.75) is 6.54 Å². The van der Waals surface area contributed by atoms with Crippen LogP contribution in [-0.2, 0) is 6.54 Å². The van der Waals surface area contributed by atoms with Gasteiger partial charge in [0.25, 0.3) is 0 Å². The van der Waals surface area contributed by atoms with Crippen LogP contribution in [0.3, 0.4) is 0 Å². The third-order valence-corrected chi connectivity index (χ3v) is 5.55. The fraction of sp³-hybridized carbons (Fsp3) is 0.0588. The van der Waals surface area contributed by atoms with Crippen LogP contribution in [0.2, 0.25) is 5.02 Å². The first-order valence-corrected chi connectivity index (χ1v) is 9.46. The van der Waals surface area contributed by atoms with Gasteiger partial charge in [-0.2, -0.15) is 4.98 Å². The molecule has 120 valence electrons. The molecule has 4 rings (SSSR count). The summed E-state index contributed by atoms with van der Waals surface area (Å²) < 4.78 is 1.01. The predicted octanol–water partition coefficient (Wildman–Crippen LogP) is 5.76. The van der Waals surface area contributed by atoms with E-state index in [0.29, 0.717) is 17.5 Å². The predicted molar refractivity (Wildman–Crippen MR) is 104 cm³/mol. The van der Waals surface area contributed by atoms with Crippen LogP contribution in [0.5, 0.6) is 0 Å². The number of aromatic nitrogens is 2. The molecular formula is C17H13ClN4S2. The van der Waals surface area contributed by atoms with Gasteiger partial charge in [-0.1, -0.05) is 29.8 Å². The van der Waals surface area contributed by atoms with Crippen molar-refractivity contribution in [3.63, 3.8) is 0 Å². The van der Waals surface area contributed by atoms with Gasteiger partial charge < -0.3 is 10.6 Å². The summed E-state index contributed by atoms with van der Waals surface area (Å²) in [5.41, 5.74) is 1.75. The van der Waals surface area contributed by atoms with Gasteiger partial charge in [0.05, 0.1) is 27.5 Å². The van der Waals surface area contributed by atoms with Crippen molar-refractivity contribution in [1.29, 1.82) is 0 Å². The molecule has 0 aliphatic carbocycles. The maximum Gasteiger partial charge on any atom is 0.225 e. The number of nitrogens with zero attached hydrogens (tertiary/aromatic N) is 2. The van der Waals surface area contributed by atoms with Crippen molar-refractivity contribution in [2.75, 3.05) is 10.6 Å². The van der Waals surface area contributed by atoms with Crippen LogP contribution in [0, 0.1) is 0 Å². The zero-order valence-electron chi connectivity index (χ0n) is 12.5. The number of hydrogen-bond donors (Lipinski definition) is 2. The zero-order chi connectivity index (χ0) is 16.4. The van der Waals surface area contributed by atoms with Crippen molar-refractivity contribution in [3.8, 4) is 0 Å². The molecule has 2 N–H and O–H groups in total. The minimum atomic E-state index is 0.601. The Labute approximate surface area is 152 Å². The molecule has 0 saturated heterocycles. The smallest absolute Gasteiger partial charge is 0.225 e. The first-order valence-electron chi connectivity index (χ1n) is 7.32. The lowest BCUT2D eigenvalue weighted by atomic mass is 10.3. The van der Waals surface area contributed by atoms with Crippen LogP contribution < -0.4 is 10.6 Å². The minimum absolute atomic E-state index is 0.601. The van der Waals surface area contributed by atoms with Gasteiger partial charge in [-0.3, -0.25) is 0 Å². The highest BCUT2D eigenvalue weighted by molar-refractivity contribution is 7.17. The van der Waals surface area contributed by atoms with Gasteiger partial charge in [-0.15, -0.1) is 22.7 Å². The maximum atomic E-state index is 6.25. The summed E-state index contributed by atoms with van der Waals surface area (Å²) in [7, 11) is 0. The van der Waals surface area contributed by atoms with E-state index >= 15 is 0 Å². The number of hydrogen-bond acceptors (Lipinski definition) is 6. The normalized spacial score (nSPS) is 10.9. The van der Waals surface area contributed by atoms with Crippen LogP contribution in [0.15, 0.2) is 53.2 Å². The second-order valence-corrected chi connectivity index (χ2v) is 7.42. The van der Waals surface area contributed by atoms with Crippen LogP contribution in [0.4, 0.5) is 17.5 Å². The molecule has 0 amide bonds. The summed E-state index contributed by atoms with van der Waals surface area (Å²) in [6.45, 7) is 0.707. The number of thiophene rings is 2. The Balaban J connectivity index is 1.66. The molecular weight excluding hydrogens is 360 g/mol. The number of benzene rings is 1. The van der Waals surface area contributed by atoms with Crippen LogP contribution in [0.25, 0.3) is 10.2 Å². The van der Waals surface area contributed by atoms with Crippen LogP contribution in [0.1, 0.15) is 4.88 Å². The number of nitrogens with one attached hydrogen (secondary N) is 2. The summed E-state index contributed by atoms with van der Waals surface area (Å²) in [5.74, 6) is 1.36. The van der Waals surface area contributed by atoms with E-state index in [-0.39, 0.29) is 0 Å². The standard InChI is InChI=1S/C17H13ClN4S2/c18-12-5-1-2-6-13(12)20-16-15-14(7-9-24-15)21-17(22-16)19-10-11-4-3-8-23-11/h1-9H,10H2,(H2,19,20,21,22). The summed E-state index contributed by atoms with van der Waals surface area (Å²) in [5, 5.41) is 11.3. The molecule has 4 nitrogen and oxygen atoms in total. The molecule has 0 spiro atoms. The molecule has 0 unspecified atom stereocenters. The lowest BCUT2D eigenvalue weighted by molar-refractivity contribution is 1.10. The van der Waals surface area contributed by atoms with Gasteiger partial charge in [0.2, 0.25) is 5.95 Å². The molecule has 7 heteroatoms. The van der Waals surface area contributed by atoms with E-state index in [2.05, 4.69) is 32.0 Å². The molecule has 0 fully saturated rings. The molecule has 3 aromatic heterocycles.